The highest BCUT2D eigenvalue weighted by atomic mass is 19.1. The molecule has 2 aromatic carbocycles. The summed E-state index contributed by atoms with van der Waals surface area (Å²) in [5.41, 5.74) is 3.05. The Bertz CT molecular complexity index is 764. The molecule has 0 amide bonds. The van der Waals surface area contributed by atoms with Crippen LogP contribution in [0.25, 0.3) is 11.0 Å². The van der Waals surface area contributed by atoms with E-state index in [2.05, 4.69) is 20.9 Å². The predicted molar refractivity (Wildman–Crippen MR) is 82.4 cm³/mol. The minimum Gasteiger partial charge on any atom is -0.330 e. The van der Waals surface area contributed by atoms with E-state index in [1.807, 2.05) is 38.2 Å². The lowest BCUT2D eigenvalue weighted by Crippen LogP contribution is -2.20. The minimum atomic E-state index is -0.205. The highest BCUT2D eigenvalue weighted by Gasteiger charge is 2.10. The number of para-hydroxylation sites is 2. The molecule has 0 radical (unpaired) electrons. The van der Waals surface area contributed by atoms with Crippen LogP contribution in [0.4, 0.5) is 4.39 Å². The molecule has 0 bridgehead atoms. The lowest BCUT2D eigenvalue weighted by atomic mass is 10.1. The molecule has 0 aliphatic carbocycles. The number of hydrogen-bond acceptors (Lipinski definition) is 2. The third kappa shape index (κ3) is 2.81. The summed E-state index contributed by atoms with van der Waals surface area (Å²) in [4.78, 5) is 4.62. The first-order valence-electron chi connectivity index (χ1n) is 7.04. The van der Waals surface area contributed by atoms with Gasteiger partial charge in [-0.05, 0) is 36.8 Å². The molecule has 3 rings (SSSR count). The second kappa shape index (κ2) is 5.66. The van der Waals surface area contributed by atoms with Crippen LogP contribution in [0.2, 0.25) is 0 Å². The Kier molecular flexibility index (Phi) is 3.71. The van der Waals surface area contributed by atoms with Crippen LogP contribution in [-0.4, -0.2) is 9.55 Å². The Morgan fingerprint density at radius 3 is 2.76 bits per heavy atom. The monoisotopic (exact) mass is 283 g/mol. The van der Waals surface area contributed by atoms with Crippen LogP contribution in [0.5, 0.6) is 0 Å². The maximum absolute atomic E-state index is 13.3. The summed E-state index contributed by atoms with van der Waals surface area (Å²) in [6, 6.07) is 14.8. The Labute approximate surface area is 123 Å². The summed E-state index contributed by atoms with van der Waals surface area (Å²) in [6.45, 7) is 2.67. The van der Waals surface area contributed by atoms with E-state index in [-0.39, 0.29) is 11.9 Å². The van der Waals surface area contributed by atoms with Crippen LogP contribution in [-0.2, 0) is 13.6 Å². The van der Waals surface area contributed by atoms with Crippen molar-refractivity contribution in [1.82, 2.24) is 14.9 Å². The molecule has 0 unspecified atom stereocenters. The third-order valence-electron chi connectivity index (χ3n) is 3.79. The molecule has 1 atom stereocenters. The fourth-order valence-corrected chi connectivity index (χ4v) is 2.49. The lowest BCUT2D eigenvalue weighted by molar-refractivity contribution is 0.545. The van der Waals surface area contributed by atoms with E-state index in [4.69, 9.17) is 0 Å². The molecular weight excluding hydrogens is 265 g/mol. The van der Waals surface area contributed by atoms with Gasteiger partial charge in [-0.25, -0.2) is 9.37 Å². The van der Waals surface area contributed by atoms with E-state index in [0.29, 0.717) is 6.54 Å². The highest BCUT2D eigenvalue weighted by molar-refractivity contribution is 5.75. The van der Waals surface area contributed by atoms with Gasteiger partial charge in [0.05, 0.1) is 17.6 Å². The van der Waals surface area contributed by atoms with E-state index >= 15 is 0 Å². The van der Waals surface area contributed by atoms with Crippen molar-refractivity contribution in [1.29, 1.82) is 0 Å². The second-order valence-corrected chi connectivity index (χ2v) is 5.23. The summed E-state index contributed by atoms with van der Waals surface area (Å²) in [5, 5.41) is 3.39. The Morgan fingerprint density at radius 2 is 2.00 bits per heavy atom. The number of aromatic nitrogens is 2. The Morgan fingerprint density at radius 1 is 1.19 bits per heavy atom. The number of rotatable bonds is 4. The fraction of sp³-hybridized carbons (Fsp3) is 0.235. The molecule has 0 fully saturated rings. The van der Waals surface area contributed by atoms with Gasteiger partial charge in [-0.1, -0.05) is 24.3 Å². The number of hydrogen-bond donors (Lipinski definition) is 1. The first-order chi connectivity index (χ1) is 10.1. The molecule has 0 saturated carbocycles. The molecule has 3 aromatic rings. The number of imidazole rings is 1. The van der Waals surface area contributed by atoms with Crippen LogP contribution in [0.1, 0.15) is 24.4 Å². The van der Waals surface area contributed by atoms with E-state index in [1.54, 1.807) is 12.1 Å². The number of nitrogens with zero attached hydrogens (tertiary/aromatic N) is 2. The normalized spacial score (nSPS) is 12.7. The van der Waals surface area contributed by atoms with Gasteiger partial charge in [-0.2, -0.15) is 0 Å². The molecule has 1 heterocycles. The molecule has 0 aliphatic heterocycles. The summed E-state index contributed by atoms with van der Waals surface area (Å²) in [6.07, 6.45) is 0. The van der Waals surface area contributed by atoms with Gasteiger partial charge in [0.25, 0.3) is 0 Å². The summed E-state index contributed by atoms with van der Waals surface area (Å²) in [7, 11) is 2.01. The topological polar surface area (TPSA) is 29.9 Å². The number of aryl methyl sites for hydroxylation is 1. The second-order valence-electron chi connectivity index (χ2n) is 5.23. The molecular formula is C17H18FN3. The average Bonchev–Trinajstić information content (AvgIpc) is 2.82. The number of benzene rings is 2. The molecule has 1 aromatic heterocycles. The van der Waals surface area contributed by atoms with Crippen molar-refractivity contribution in [3.8, 4) is 0 Å². The van der Waals surface area contributed by atoms with Crippen LogP contribution in [0.3, 0.4) is 0 Å². The number of fused-ring (bicyclic) bond motifs is 1. The van der Waals surface area contributed by atoms with Gasteiger partial charge in [0.2, 0.25) is 0 Å². The maximum Gasteiger partial charge on any atom is 0.123 e. The summed E-state index contributed by atoms with van der Waals surface area (Å²) < 4.78 is 15.3. The van der Waals surface area contributed by atoms with Crippen molar-refractivity contribution in [2.75, 3.05) is 0 Å². The molecule has 108 valence electrons. The van der Waals surface area contributed by atoms with Gasteiger partial charge in [0, 0.05) is 13.1 Å². The van der Waals surface area contributed by atoms with Crippen molar-refractivity contribution in [2.24, 2.45) is 7.05 Å². The quantitative estimate of drug-likeness (QED) is 0.793. The maximum atomic E-state index is 13.3. The van der Waals surface area contributed by atoms with Gasteiger partial charge < -0.3 is 9.88 Å². The van der Waals surface area contributed by atoms with Gasteiger partial charge in [-0.3, -0.25) is 0 Å². The van der Waals surface area contributed by atoms with E-state index < -0.39 is 0 Å². The fourth-order valence-electron chi connectivity index (χ4n) is 2.49. The third-order valence-corrected chi connectivity index (χ3v) is 3.79. The van der Waals surface area contributed by atoms with Crippen LogP contribution >= 0.6 is 0 Å². The zero-order chi connectivity index (χ0) is 14.8. The van der Waals surface area contributed by atoms with Crippen molar-refractivity contribution < 1.29 is 4.39 Å². The zero-order valence-corrected chi connectivity index (χ0v) is 12.2. The van der Waals surface area contributed by atoms with Crippen molar-refractivity contribution >= 4 is 11.0 Å². The van der Waals surface area contributed by atoms with E-state index in [1.165, 1.54) is 6.07 Å². The minimum absolute atomic E-state index is 0.0699. The van der Waals surface area contributed by atoms with Crippen molar-refractivity contribution in [3.63, 3.8) is 0 Å². The summed E-state index contributed by atoms with van der Waals surface area (Å²) in [5.74, 6) is 0.767. The first-order valence-corrected chi connectivity index (χ1v) is 7.04. The lowest BCUT2D eigenvalue weighted by Gasteiger charge is -2.14. The molecule has 21 heavy (non-hydrogen) atoms. The molecule has 0 saturated heterocycles. The standard InChI is InChI=1S/C17H18FN3/c1-12(13-6-5-7-14(18)10-13)19-11-17-20-15-8-3-4-9-16(15)21(17)2/h3-10,12,19H,11H2,1-2H3/t12-/m0/s1. The molecule has 3 nitrogen and oxygen atoms in total. The number of nitrogens with one attached hydrogen (secondary N) is 1. The smallest absolute Gasteiger partial charge is 0.123 e. The first kappa shape index (κ1) is 13.8. The molecule has 0 spiro atoms. The van der Waals surface area contributed by atoms with Crippen molar-refractivity contribution in [2.45, 2.75) is 19.5 Å². The number of halogens is 1. The van der Waals surface area contributed by atoms with Crippen LogP contribution in [0, 0.1) is 5.82 Å². The SMILES string of the molecule is C[C@H](NCc1nc2ccccc2n1C)c1cccc(F)c1. The van der Waals surface area contributed by atoms with Gasteiger partial charge in [0.15, 0.2) is 0 Å². The Balaban J connectivity index is 1.75. The van der Waals surface area contributed by atoms with Gasteiger partial charge >= 0.3 is 0 Å². The van der Waals surface area contributed by atoms with E-state index in [0.717, 1.165) is 22.4 Å². The summed E-state index contributed by atoms with van der Waals surface area (Å²) >= 11 is 0. The average molecular weight is 283 g/mol. The zero-order valence-electron chi connectivity index (χ0n) is 12.2. The van der Waals surface area contributed by atoms with Crippen LogP contribution in [0.15, 0.2) is 48.5 Å². The van der Waals surface area contributed by atoms with E-state index in [9.17, 15) is 4.39 Å². The Hall–Kier alpha value is -2.20. The predicted octanol–water partition coefficient (Wildman–Crippen LogP) is 3.56. The van der Waals surface area contributed by atoms with Crippen LogP contribution < -0.4 is 5.32 Å². The van der Waals surface area contributed by atoms with Crippen molar-refractivity contribution in [3.05, 3.63) is 65.7 Å². The molecule has 0 aliphatic rings. The largest absolute Gasteiger partial charge is 0.330 e. The highest BCUT2D eigenvalue weighted by Crippen LogP contribution is 2.17. The molecule has 4 heteroatoms. The molecule has 1 N–H and O–H groups in total. The van der Waals surface area contributed by atoms with Gasteiger partial charge in [-0.15, -0.1) is 0 Å². The van der Waals surface area contributed by atoms with Gasteiger partial charge in [0.1, 0.15) is 11.6 Å².